The number of β-lactam (4-membered cyclic amide) rings is 1. The number of carbonyl (C=O) groups is 2. The largest absolute Gasteiger partial charge is 0.340 e. The van der Waals surface area contributed by atoms with Gasteiger partial charge in [0.15, 0.2) is 5.82 Å². The normalized spacial score (nSPS) is 31.7. The lowest BCUT2D eigenvalue weighted by atomic mass is 9.91. The Balaban J connectivity index is 1.43. The number of hydrogen-bond donors (Lipinski definition) is 3. The molecule has 1 aromatic rings. The molecule has 10 heteroatoms. The highest BCUT2D eigenvalue weighted by Crippen LogP contribution is 2.56. The van der Waals surface area contributed by atoms with E-state index in [0.29, 0.717) is 5.82 Å². The average molecular weight is 394 g/mol. The lowest BCUT2D eigenvalue weighted by Crippen LogP contribution is -2.69. The topological polar surface area (TPSA) is 130 Å². The molecule has 148 valence electrons. The van der Waals surface area contributed by atoms with E-state index in [9.17, 15) is 9.59 Å². The second-order valence-electron chi connectivity index (χ2n) is 8.31. The van der Waals surface area contributed by atoms with Crippen LogP contribution in [0.4, 0.5) is 0 Å². The second kappa shape index (κ2) is 7.05. The van der Waals surface area contributed by atoms with E-state index >= 15 is 0 Å². The summed E-state index contributed by atoms with van der Waals surface area (Å²) in [7, 11) is 0. The number of aromatic amines is 1. The van der Waals surface area contributed by atoms with E-state index in [4.69, 9.17) is 5.73 Å². The fraction of sp³-hybridized carbons (Fsp3) is 0.824. The average Bonchev–Trinajstić information content (AvgIpc) is 3.13. The van der Waals surface area contributed by atoms with Crippen LogP contribution in [0.5, 0.6) is 0 Å². The number of rotatable bonds is 4. The lowest BCUT2D eigenvalue weighted by molar-refractivity contribution is -0.152. The Labute approximate surface area is 162 Å². The van der Waals surface area contributed by atoms with Gasteiger partial charge in [0.05, 0.1) is 6.04 Å². The van der Waals surface area contributed by atoms with Crippen LogP contribution in [0.3, 0.4) is 0 Å². The smallest absolute Gasteiger partial charge is 0.249 e. The fourth-order valence-corrected chi connectivity index (χ4v) is 6.24. The van der Waals surface area contributed by atoms with Gasteiger partial charge in [0.2, 0.25) is 11.8 Å². The molecular weight excluding hydrogens is 366 g/mol. The zero-order chi connectivity index (χ0) is 19.2. The molecule has 0 aromatic carbocycles. The highest BCUT2D eigenvalue weighted by Gasteiger charge is 2.63. The first-order valence-corrected chi connectivity index (χ1v) is 10.6. The Morgan fingerprint density at radius 2 is 2.04 bits per heavy atom. The van der Waals surface area contributed by atoms with Gasteiger partial charge < -0.3 is 16.0 Å². The molecule has 3 fully saturated rings. The minimum atomic E-state index is -0.543. The van der Waals surface area contributed by atoms with Crippen molar-refractivity contribution in [1.29, 1.82) is 0 Å². The number of nitrogens with two attached hydrogens (primary N) is 1. The standard InChI is InChI=1S/C17H27N7O2S/c1-17(2)12(13-20-22-23-21-13)24-15(26)11(16(24)27-17)19-14(25)10(18)9-7-5-3-4-6-8-9/h9-12,16H,3-8,18H2,1-2H3,(H,19,25)(H,20,21,22,23)/t10?,11?,12?,16-/m0/s1. The summed E-state index contributed by atoms with van der Waals surface area (Å²) in [4.78, 5) is 27.3. The predicted octanol–water partition coefficient (Wildman–Crippen LogP) is 0.717. The fourth-order valence-electron chi connectivity index (χ4n) is 4.61. The van der Waals surface area contributed by atoms with Crippen molar-refractivity contribution in [2.45, 2.75) is 80.6 Å². The minimum absolute atomic E-state index is 0.0964. The Morgan fingerprint density at radius 3 is 2.67 bits per heavy atom. The third-order valence-corrected chi connectivity index (χ3v) is 7.64. The van der Waals surface area contributed by atoms with Crippen molar-refractivity contribution < 1.29 is 9.59 Å². The minimum Gasteiger partial charge on any atom is -0.340 e. The molecule has 0 spiro atoms. The number of nitrogens with zero attached hydrogens (tertiary/aromatic N) is 4. The van der Waals surface area contributed by atoms with E-state index in [1.807, 2.05) is 0 Å². The molecule has 9 nitrogen and oxygen atoms in total. The first-order chi connectivity index (χ1) is 12.9. The molecule has 3 heterocycles. The molecule has 0 radical (unpaired) electrons. The summed E-state index contributed by atoms with van der Waals surface area (Å²) >= 11 is 1.66. The number of tetrazole rings is 1. The van der Waals surface area contributed by atoms with E-state index in [2.05, 4.69) is 39.8 Å². The third-order valence-electron chi connectivity index (χ3n) is 6.07. The Bertz CT molecular complexity index is 702. The van der Waals surface area contributed by atoms with E-state index < -0.39 is 12.1 Å². The summed E-state index contributed by atoms with van der Waals surface area (Å²) in [6.07, 6.45) is 6.66. The van der Waals surface area contributed by atoms with Gasteiger partial charge in [0, 0.05) is 4.75 Å². The summed E-state index contributed by atoms with van der Waals surface area (Å²) in [6, 6.07) is -1.31. The molecule has 3 aliphatic rings. The van der Waals surface area contributed by atoms with Gasteiger partial charge in [-0.3, -0.25) is 9.59 Å². The number of fused-ring (bicyclic) bond motifs is 1. The van der Waals surface area contributed by atoms with Crippen LogP contribution in [-0.4, -0.2) is 59.5 Å². The first kappa shape index (κ1) is 18.7. The molecule has 2 amide bonds. The van der Waals surface area contributed by atoms with Gasteiger partial charge in [0.1, 0.15) is 17.5 Å². The molecule has 27 heavy (non-hydrogen) atoms. The molecule has 1 aliphatic carbocycles. The van der Waals surface area contributed by atoms with Crippen LogP contribution < -0.4 is 11.1 Å². The number of H-pyrrole nitrogens is 1. The highest BCUT2D eigenvalue weighted by molar-refractivity contribution is 8.01. The van der Waals surface area contributed by atoms with Crippen LogP contribution in [0.25, 0.3) is 0 Å². The second-order valence-corrected chi connectivity index (χ2v) is 10.1. The van der Waals surface area contributed by atoms with Gasteiger partial charge in [-0.25, -0.2) is 5.10 Å². The SMILES string of the molecule is CC1(C)S[C@H]2C(NC(=O)C(N)C3CCCCCC3)C(=O)N2C1c1nnn[nH]1. The number of hydrogen-bond acceptors (Lipinski definition) is 7. The van der Waals surface area contributed by atoms with Crippen molar-refractivity contribution in [3.63, 3.8) is 0 Å². The van der Waals surface area contributed by atoms with Gasteiger partial charge in [-0.15, -0.1) is 16.9 Å². The van der Waals surface area contributed by atoms with Gasteiger partial charge in [-0.2, -0.15) is 0 Å². The maximum absolute atomic E-state index is 12.8. The molecule has 1 aromatic heterocycles. The number of carbonyl (C=O) groups excluding carboxylic acids is 2. The van der Waals surface area contributed by atoms with Crippen LogP contribution in [0.2, 0.25) is 0 Å². The van der Waals surface area contributed by atoms with E-state index in [0.717, 1.165) is 25.7 Å². The number of thioether (sulfide) groups is 1. The number of nitrogens with one attached hydrogen (secondary N) is 2. The molecule has 0 bridgehead atoms. The summed E-state index contributed by atoms with van der Waals surface area (Å²) in [5, 5.41) is 16.9. The molecule has 2 saturated heterocycles. The van der Waals surface area contributed by atoms with Crippen molar-refractivity contribution in [3.8, 4) is 0 Å². The Morgan fingerprint density at radius 1 is 1.33 bits per heavy atom. The first-order valence-electron chi connectivity index (χ1n) is 9.70. The van der Waals surface area contributed by atoms with Gasteiger partial charge >= 0.3 is 0 Å². The van der Waals surface area contributed by atoms with Crippen LogP contribution in [0.15, 0.2) is 0 Å². The third kappa shape index (κ3) is 3.22. The van der Waals surface area contributed by atoms with E-state index in [1.165, 1.54) is 12.8 Å². The van der Waals surface area contributed by atoms with Crippen molar-refractivity contribution in [2.75, 3.05) is 0 Å². The summed E-state index contributed by atoms with van der Waals surface area (Å²) in [5.41, 5.74) is 6.25. The molecule has 4 N–H and O–H groups in total. The zero-order valence-electron chi connectivity index (χ0n) is 15.7. The summed E-state index contributed by atoms with van der Waals surface area (Å²) in [6.45, 7) is 4.12. The summed E-state index contributed by atoms with van der Waals surface area (Å²) in [5.74, 6) is 0.478. The molecule has 1 saturated carbocycles. The quantitative estimate of drug-likeness (QED) is 0.507. The molecule has 4 rings (SSSR count). The van der Waals surface area contributed by atoms with E-state index in [-0.39, 0.29) is 33.9 Å². The molecule has 4 atom stereocenters. The van der Waals surface area contributed by atoms with Gasteiger partial charge in [-0.05, 0) is 43.0 Å². The van der Waals surface area contributed by atoms with Crippen LogP contribution in [-0.2, 0) is 9.59 Å². The molecule has 2 aliphatic heterocycles. The van der Waals surface area contributed by atoms with Crippen molar-refractivity contribution in [2.24, 2.45) is 11.7 Å². The molecular formula is C17H27N7O2S. The lowest BCUT2D eigenvalue weighted by Gasteiger charge is -2.44. The highest BCUT2D eigenvalue weighted by atomic mass is 32.2. The van der Waals surface area contributed by atoms with Crippen LogP contribution >= 0.6 is 11.8 Å². The van der Waals surface area contributed by atoms with Crippen LogP contribution in [0.1, 0.15) is 64.2 Å². The number of aromatic nitrogens is 4. The molecule has 3 unspecified atom stereocenters. The van der Waals surface area contributed by atoms with E-state index in [1.54, 1.807) is 16.7 Å². The van der Waals surface area contributed by atoms with Crippen molar-refractivity contribution in [1.82, 2.24) is 30.8 Å². The Hall–Kier alpha value is -1.68. The van der Waals surface area contributed by atoms with Crippen LogP contribution in [0, 0.1) is 5.92 Å². The predicted molar refractivity (Wildman–Crippen MR) is 100 cm³/mol. The maximum atomic E-state index is 12.8. The Kier molecular flexibility index (Phi) is 4.87. The van der Waals surface area contributed by atoms with Gasteiger partial charge in [0.25, 0.3) is 0 Å². The summed E-state index contributed by atoms with van der Waals surface area (Å²) < 4.78 is -0.260. The number of amides is 2. The monoisotopic (exact) mass is 393 g/mol. The maximum Gasteiger partial charge on any atom is 0.249 e. The zero-order valence-corrected chi connectivity index (χ0v) is 16.5. The van der Waals surface area contributed by atoms with Crippen molar-refractivity contribution >= 4 is 23.6 Å². The van der Waals surface area contributed by atoms with Gasteiger partial charge in [-0.1, -0.05) is 25.7 Å². The van der Waals surface area contributed by atoms with Crippen molar-refractivity contribution in [3.05, 3.63) is 5.82 Å².